The third-order valence-electron chi connectivity index (χ3n) is 3.71. The van der Waals surface area contributed by atoms with E-state index in [1.165, 1.54) is 0 Å². The van der Waals surface area contributed by atoms with Crippen LogP contribution in [0.2, 0.25) is 0 Å². The number of para-hydroxylation sites is 1. The Labute approximate surface area is 105 Å². The van der Waals surface area contributed by atoms with E-state index in [1.54, 1.807) is 0 Å². The van der Waals surface area contributed by atoms with Gasteiger partial charge in [-0.05, 0) is 26.1 Å². The van der Waals surface area contributed by atoms with Crippen LogP contribution in [0.4, 0.5) is 0 Å². The minimum atomic E-state index is -0.749. The van der Waals surface area contributed by atoms with Crippen molar-refractivity contribution in [3.8, 4) is 11.5 Å². The van der Waals surface area contributed by atoms with Gasteiger partial charge >= 0.3 is 5.97 Å². The second kappa shape index (κ2) is 4.17. The van der Waals surface area contributed by atoms with Gasteiger partial charge in [-0.1, -0.05) is 12.1 Å². The molecule has 1 aromatic carbocycles. The number of aliphatic carboxylic acids is 1. The topological polar surface area (TPSA) is 59.0 Å². The van der Waals surface area contributed by atoms with Crippen LogP contribution in [0.5, 0.6) is 11.5 Å². The minimum Gasteiger partial charge on any atom is -0.481 e. The summed E-state index contributed by atoms with van der Waals surface area (Å²) in [5.41, 5.74) is 0.914. The second-order valence-electron chi connectivity index (χ2n) is 4.74. The SMILES string of the molecule is CN1CC[C@H](C(=O)O)[C@H]1c1cccc2c1OCO2. The van der Waals surface area contributed by atoms with Gasteiger partial charge in [-0.3, -0.25) is 9.69 Å². The molecule has 1 aromatic rings. The van der Waals surface area contributed by atoms with Crippen molar-refractivity contribution in [2.75, 3.05) is 20.4 Å². The van der Waals surface area contributed by atoms with Gasteiger partial charge in [0, 0.05) is 5.56 Å². The first-order valence-electron chi connectivity index (χ1n) is 6.00. The summed E-state index contributed by atoms with van der Waals surface area (Å²) in [6.07, 6.45) is 0.668. The molecule has 0 saturated carbocycles. The zero-order valence-corrected chi connectivity index (χ0v) is 10.1. The number of rotatable bonds is 2. The molecule has 2 aliphatic rings. The first-order valence-corrected chi connectivity index (χ1v) is 6.00. The molecule has 1 N–H and O–H groups in total. The molecule has 0 unspecified atom stereocenters. The van der Waals surface area contributed by atoms with Crippen LogP contribution in [-0.2, 0) is 4.79 Å². The average molecular weight is 249 g/mol. The number of benzene rings is 1. The highest BCUT2D eigenvalue weighted by molar-refractivity contribution is 5.72. The predicted octanol–water partition coefficient (Wildman–Crippen LogP) is 1.49. The van der Waals surface area contributed by atoms with Crippen LogP contribution < -0.4 is 9.47 Å². The van der Waals surface area contributed by atoms with Crippen molar-refractivity contribution in [3.05, 3.63) is 23.8 Å². The molecule has 0 radical (unpaired) electrons. The number of carbonyl (C=O) groups is 1. The van der Waals surface area contributed by atoms with E-state index in [0.29, 0.717) is 17.9 Å². The van der Waals surface area contributed by atoms with Crippen LogP contribution >= 0.6 is 0 Å². The van der Waals surface area contributed by atoms with Crippen LogP contribution in [0.15, 0.2) is 18.2 Å². The largest absolute Gasteiger partial charge is 0.481 e. The van der Waals surface area contributed by atoms with Crippen molar-refractivity contribution in [1.82, 2.24) is 4.90 Å². The first-order chi connectivity index (χ1) is 8.68. The molecule has 1 fully saturated rings. The molecule has 0 aromatic heterocycles. The molecule has 0 aliphatic carbocycles. The van der Waals surface area contributed by atoms with Crippen molar-refractivity contribution >= 4 is 5.97 Å². The first kappa shape index (κ1) is 11.3. The lowest BCUT2D eigenvalue weighted by molar-refractivity contribution is -0.142. The second-order valence-corrected chi connectivity index (χ2v) is 4.74. The van der Waals surface area contributed by atoms with Gasteiger partial charge in [-0.25, -0.2) is 0 Å². The number of ether oxygens (including phenoxy) is 2. The Morgan fingerprint density at radius 2 is 2.28 bits per heavy atom. The van der Waals surface area contributed by atoms with E-state index in [1.807, 2.05) is 25.2 Å². The molecule has 18 heavy (non-hydrogen) atoms. The highest BCUT2D eigenvalue weighted by Crippen LogP contribution is 2.45. The minimum absolute atomic E-state index is 0.140. The van der Waals surface area contributed by atoms with E-state index >= 15 is 0 Å². The van der Waals surface area contributed by atoms with Gasteiger partial charge in [0.25, 0.3) is 0 Å². The quantitative estimate of drug-likeness (QED) is 0.860. The number of likely N-dealkylation sites (tertiary alicyclic amines) is 1. The van der Waals surface area contributed by atoms with Crippen molar-refractivity contribution in [3.63, 3.8) is 0 Å². The Morgan fingerprint density at radius 1 is 1.44 bits per heavy atom. The zero-order valence-electron chi connectivity index (χ0n) is 10.1. The van der Waals surface area contributed by atoms with E-state index in [4.69, 9.17) is 9.47 Å². The van der Waals surface area contributed by atoms with Crippen molar-refractivity contribution < 1.29 is 19.4 Å². The van der Waals surface area contributed by atoms with Crippen LogP contribution in [0.25, 0.3) is 0 Å². The summed E-state index contributed by atoms with van der Waals surface area (Å²) < 4.78 is 10.8. The number of hydrogen-bond donors (Lipinski definition) is 1. The van der Waals surface area contributed by atoms with Gasteiger partial charge in [0.15, 0.2) is 11.5 Å². The molecule has 5 nitrogen and oxygen atoms in total. The van der Waals surface area contributed by atoms with Gasteiger partial charge < -0.3 is 14.6 Å². The number of hydrogen-bond acceptors (Lipinski definition) is 4. The summed E-state index contributed by atoms with van der Waals surface area (Å²) in [5, 5.41) is 9.31. The van der Waals surface area contributed by atoms with Crippen LogP contribution in [0, 0.1) is 5.92 Å². The van der Waals surface area contributed by atoms with Crippen LogP contribution in [0.3, 0.4) is 0 Å². The van der Waals surface area contributed by atoms with E-state index in [9.17, 15) is 9.90 Å². The summed E-state index contributed by atoms with van der Waals surface area (Å²) in [5.74, 6) is 0.269. The molecule has 2 heterocycles. The lowest BCUT2D eigenvalue weighted by atomic mass is 9.93. The highest BCUT2D eigenvalue weighted by Gasteiger charge is 2.40. The molecule has 96 valence electrons. The summed E-state index contributed by atoms with van der Waals surface area (Å²) in [7, 11) is 1.95. The van der Waals surface area contributed by atoms with Crippen molar-refractivity contribution in [2.24, 2.45) is 5.92 Å². The Morgan fingerprint density at radius 3 is 3.06 bits per heavy atom. The predicted molar refractivity (Wildman–Crippen MR) is 63.7 cm³/mol. The van der Waals surface area contributed by atoms with Gasteiger partial charge in [0.2, 0.25) is 6.79 Å². The molecule has 5 heteroatoms. The average Bonchev–Trinajstić information content (AvgIpc) is 2.94. The third kappa shape index (κ3) is 1.62. The maximum Gasteiger partial charge on any atom is 0.308 e. The molecule has 0 amide bonds. The molecule has 2 aliphatic heterocycles. The van der Waals surface area contributed by atoms with Gasteiger partial charge in [-0.15, -0.1) is 0 Å². The molecule has 2 atom stereocenters. The van der Waals surface area contributed by atoms with E-state index < -0.39 is 5.97 Å². The Balaban J connectivity index is 2.03. The number of nitrogens with zero attached hydrogens (tertiary/aromatic N) is 1. The Bertz CT molecular complexity index is 488. The Kier molecular flexibility index (Phi) is 2.63. The molecule has 3 rings (SSSR count). The van der Waals surface area contributed by atoms with E-state index in [2.05, 4.69) is 4.90 Å². The normalized spacial score (nSPS) is 26.5. The molecule has 0 spiro atoms. The fourth-order valence-electron chi connectivity index (χ4n) is 2.85. The number of carboxylic acid groups (broad SMARTS) is 1. The highest BCUT2D eigenvalue weighted by atomic mass is 16.7. The lowest BCUT2D eigenvalue weighted by Gasteiger charge is -2.24. The fraction of sp³-hybridized carbons (Fsp3) is 0.462. The fourth-order valence-corrected chi connectivity index (χ4v) is 2.85. The van der Waals surface area contributed by atoms with Gasteiger partial charge in [0.1, 0.15) is 0 Å². The summed E-state index contributed by atoms with van der Waals surface area (Å²) in [4.78, 5) is 13.4. The zero-order chi connectivity index (χ0) is 12.7. The van der Waals surface area contributed by atoms with Crippen molar-refractivity contribution in [2.45, 2.75) is 12.5 Å². The standard InChI is InChI=1S/C13H15NO4/c1-14-6-5-9(13(15)16)11(14)8-3-2-4-10-12(8)18-7-17-10/h2-4,9,11H,5-7H2,1H3,(H,15,16)/t9-,11+/m0/s1. The summed E-state index contributed by atoms with van der Waals surface area (Å²) >= 11 is 0. The maximum absolute atomic E-state index is 11.3. The van der Waals surface area contributed by atoms with E-state index in [0.717, 1.165) is 12.1 Å². The monoisotopic (exact) mass is 249 g/mol. The van der Waals surface area contributed by atoms with Crippen molar-refractivity contribution in [1.29, 1.82) is 0 Å². The van der Waals surface area contributed by atoms with Gasteiger partial charge in [-0.2, -0.15) is 0 Å². The maximum atomic E-state index is 11.3. The lowest BCUT2D eigenvalue weighted by Crippen LogP contribution is -2.25. The Hall–Kier alpha value is -1.75. The molecular weight excluding hydrogens is 234 g/mol. The van der Waals surface area contributed by atoms with Gasteiger partial charge in [0.05, 0.1) is 12.0 Å². The van der Waals surface area contributed by atoms with E-state index in [-0.39, 0.29) is 18.8 Å². The smallest absolute Gasteiger partial charge is 0.308 e. The number of carboxylic acids is 1. The molecular formula is C13H15NO4. The van der Waals surface area contributed by atoms with Crippen LogP contribution in [-0.4, -0.2) is 36.4 Å². The summed E-state index contributed by atoms with van der Waals surface area (Å²) in [6.45, 7) is 0.993. The summed E-state index contributed by atoms with van der Waals surface area (Å²) in [6, 6.07) is 5.51. The molecule has 1 saturated heterocycles. The van der Waals surface area contributed by atoms with Crippen LogP contribution in [0.1, 0.15) is 18.0 Å². The number of fused-ring (bicyclic) bond motifs is 1. The molecule has 0 bridgehead atoms. The third-order valence-corrected chi connectivity index (χ3v) is 3.71.